The SMILES string of the molecule is Cc1nc2nc(N3C[C@@H](c4cnn(C)c4)O[C@@H](O)C3)nc(-c3ccc(F)cc3F)c2nc1C. The number of rotatable bonds is 3. The minimum Gasteiger partial charge on any atom is -0.366 e. The van der Waals surface area contributed by atoms with E-state index in [2.05, 4.69) is 25.0 Å². The number of β-amino-alcohol motifs (C(OH)–C–C–N with tert-alkyl or cyclic N) is 1. The van der Waals surface area contributed by atoms with E-state index in [0.717, 1.165) is 17.7 Å². The molecule has 5 rings (SSSR count). The van der Waals surface area contributed by atoms with E-state index in [1.165, 1.54) is 6.07 Å². The molecule has 1 saturated heterocycles. The monoisotopic (exact) mass is 453 g/mol. The van der Waals surface area contributed by atoms with Crippen LogP contribution >= 0.6 is 0 Å². The molecule has 0 aliphatic carbocycles. The van der Waals surface area contributed by atoms with Crippen LogP contribution in [0.3, 0.4) is 0 Å². The maximum absolute atomic E-state index is 14.7. The van der Waals surface area contributed by atoms with Crippen molar-refractivity contribution in [3.8, 4) is 11.3 Å². The maximum Gasteiger partial charge on any atom is 0.228 e. The van der Waals surface area contributed by atoms with Gasteiger partial charge in [-0.25, -0.2) is 23.7 Å². The number of morpholine rings is 1. The highest BCUT2D eigenvalue weighted by Gasteiger charge is 2.31. The number of benzene rings is 1. The van der Waals surface area contributed by atoms with E-state index < -0.39 is 24.0 Å². The summed E-state index contributed by atoms with van der Waals surface area (Å²) in [5.41, 5.74) is 2.99. The van der Waals surface area contributed by atoms with Crippen molar-refractivity contribution in [1.29, 1.82) is 0 Å². The van der Waals surface area contributed by atoms with Gasteiger partial charge in [0.2, 0.25) is 5.95 Å². The van der Waals surface area contributed by atoms with E-state index >= 15 is 0 Å². The van der Waals surface area contributed by atoms with E-state index in [0.29, 0.717) is 23.4 Å². The van der Waals surface area contributed by atoms with Crippen LogP contribution in [-0.4, -0.2) is 54.2 Å². The summed E-state index contributed by atoms with van der Waals surface area (Å²) in [7, 11) is 1.79. The third kappa shape index (κ3) is 4.00. The standard InChI is InChI=1S/C22H21F2N7O2/c1-11-12(2)27-21-20(26-11)19(15-5-4-14(23)6-16(15)24)28-22(29-21)31-9-17(33-18(32)10-31)13-7-25-30(3)8-13/h4-8,17-18,32H,9-10H2,1-3H3/t17-,18+/m0/s1. The molecule has 0 amide bonds. The molecule has 0 bridgehead atoms. The molecular weight excluding hydrogens is 432 g/mol. The summed E-state index contributed by atoms with van der Waals surface area (Å²) < 4.78 is 35.6. The van der Waals surface area contributed by atoms with E-state index in [1.54, 1.807) is 42.9 Å². The van der Waals surface area contributed by atoms with E-state index in [1.807, 2.05) is 0 Å². The molecule has 4 heterocycles. The van der Waals surface area contributed by atoms with Crippen molar-refractivity contribution in [2.75, 3.05) is 18.0 Å². The maximum atomic E-state index is 14.7. The summed E-state index contributed by atoms with van der Waals surface area (Å²) in [5.74, 6) is -1.23. The molecule has 0 spiro atoms. The van der Waals surface area contributed by atoms with Crippen LogP contribution in [0.25, 0.3) is 22.4 Å². The number of anilines is 1. The predicted octanol–water partition coefficient (Wildman–Crippen LogP) is 2.61. The van der Waals surface area contributed by atoms with Crippen LogP contribution in [0.1, 0.15) is 23.1 Å². The Hall–Kier alpha value is -3.57. The lowest BCUT2D eigenvalue weighted by Gasteiger charge is -2.35. The first kappa shape index (κ1) is 21.3. The van der Waals surface area contributed by atoms with Gasteiger partial charge in [-0.2, -0.15) is 10.1 Å². The van der Waals surface area contributed by atoms with Crippen molar-refractivity contribution in [3.05, 3.63) is 59.2 Å². The summed E-state index contributed by atoms with van der Waals surface area (Å²) in [6, 6.07) is 3.28. The number of aryl methyl sites for hydroxylation is 3. The minimum atomic E-state index is -1.10. The fraction of sp³-hybridized carbons (Fsp3) is 0.318. The van der Waals surface area contributed by atoms with Crippen molar-refractivity contribution in [1.82, 2.24) is 29.7 Å². The number of aliphatic hydroxyl groups excluding tert-OH is 1. The number of aliphatic hydroxyl groups is 1. The van der Waals surface area contributed by atoms with Crippen molar-refractivity contribution in [2.24, 2.45) is 7.05 Å². The van der Waals surface area contributed by atoms with Gasteiger partial charge < -0.3 is 14.7 Å². The molecular formula is C22H21F2N7O2. The predicted molar refractivity (Wildman–Crippen MR) is 115 cm³/mol. The molecule has 1 aliphatic heterocycles. The second kappa shape index (κ2) is 8.09. The number of hydrogen-bond acceptors (Lipinski definition) is 8. The minimum absolute atomic E-state index is 0.0835. The van der Waals surface area contributed by atoms with Gasteiger partial charge in [-0.1, -0.05) is 0 Å². The number of hydrogen-bond donors (Lipinski definition) is 1. The third-order valence-electron chi connectivity index (χ3n) is 5.58. The first-order chi connectivity index (χ1) is 15.8. The molecule has 0 radical (unpaired) electrons. The van der Waals surface area contributed by atoms with Crippen LogP contribution in [0.5, 0.6) is 0 Å². The lowest BCUT2D eigenvalue weighted by atomic mass is 10.1. The van der Waals surface area contributed by atoms with Gasteiger partial charge in [0.25, 0.3) is 0 Å². The summed E-state index contributed by atoms with van der Waals surface area (Å²) in [4.78, 5) is 19.9. The fourth-order valence-electron chi connectivity index (χ4n) is 3.80. The lowest BCUT2D eigenvalue weighted by molar-refractivity contribution is -0.145. The smallest absolute Gasteiger partial charge is 0.228 e. The van der Waals surface area contributed by atoms with Crippen LogP contribution in [0.15, 0.2) is 30.6 Å². The molecule has 9 nitrogen and oxygen atoms in total. The Morgan fingerprint density at radius 2 is 1.85 bits per heavy atom. The van der Waals surface area contributed by atoms with Crippen LogP contribution < -0.4 is 4.90 Å². The number of aromatic nitrogens is 6. The zero-order chi connectivity index (χ0) is 23.3. The topological polar surface area (TPSA) is 102 Å². The van der Waals surface area contributed by atoms with Crippen LogP contribution in [0.2, 0.25) is 0 Å². The van der Waals surface area contributed by atoms with Crippen LogP contribution in [-0.2, 0) is 11.8 Å². The average Bonchev–Trinajstić information content (AvgIpc) is 3.20. The van der Waals surface area contributed by atoms with Gasteiger partial charge in [-0.15, -0.1) is 0 Å². The van der Waals surface area contributed by atoms with Crippen LogP contribution in [0.4, 0.5) is 14.7 Å². The molecule has 11 heteroatoms. The molecule has 4 aromatic rings. The Morgan fingerprint density at radius 3 is 2.58 bits per heavy atom. The highest BCUT2D eigenvalue weighted by atomic mass is 19.1. The first-order valence-corrected chi connectivity index (χ1v) is 10.3. The third-order valence-corrected chi connectivity index (χ3v) is 5.58. The highest BCUT2D eigenvalue weighted by molar-refractivity contribution is 5.88. The van der Waals surface area contributed by atoms with Crippen molar-refractivity contribution < 1.29 is 18.6 Å². The molecule has 1 fully saturated rings. The van der Waals surface area contributed by atoms with Crippen molar-refractivity contribution >= 4 is 17.1 Å². The molecule has 1 N–H and O–H groups in total. The molecule has 0 unspecified atom stereocenters. The van der Waals surface area contributed by atoms with Gasteiger partial charge in [0.15, 0.2) is 11.9 Å². The summed E-state index contributed by atoms with van der Waals surface area (Å²) >= 11 is 0. The number of ether oxygens (including phenoxy) is 1. The second-order valence-electron chi connectivity index (χ2n) is 7.99. The Labute approximate surface area is 187 Å². The summed E-state index contributed by atoms with van der Waals surface area (Å²) in [6.45, 7) is 4.03. The van der Waals surface area contributed by atoms with Crippen LogP contribution in [0, 0.1) is 25.5 Å². The Bertz CT molecular complexity index is 1360. The molecule has 1 aromatic carbocycles. The molecule has 2 atom stereocenters. The molecule has 3 aromatic heterocycles. The lowest BCUT2D eigenvalue weighted by Crippen LogP contribution is -2.44. The Balaban J connectivity index is 1.64. The largest absolute Gasteiger partial charge is 0.366 e. The second-order valence-corrected chi connectivity index (χ2v) is 7.99. The molecule has 33 heavy (non-hydrogen) atoms. The average molecular weight is 453 g/mol. The zero-order valence-electron chi connectivity index (χ0n) is 18.2. The van der Waals surface area contributed by atoms with Gasteiger partial charge in [0, 0.05) is 30.4 Å². The van der Waals surface area contributed by atoms with E-state index in [-0.39, 0.29) is 29.4 Å². The van der Waals surface area contributed by atoms with Gasteiger partial charge in [-0.3, -0.25) is 4.68 Å². The van der Waals surface area contributed by atoms with Gasteiger partial charge >= 0.3 is 0 Å². The molecule has 1 aliphatic rings. The number of nitrogens with zero attached hydrogens (tertiary/aromatic N) is 7. The van der Waals surface area contributed by atoms with Crippen molar-refractivity contribution in [2.45, 2.75) is 26.2 Å². The Kier molecular flexibility index (Phi) is 5.22. The quantitative estimate of drug-likeness (QED) is 0.505. The van der Waals surface area contributed by atoms with Crippen molar-refractivity contribution in [3.63, 3.8) is 0 Å². The number of fused-ring (bicyclic) bond motifs is 1. The van der Waals surface area contributed by atoms with E-state index in [4.69, 9.17) is 4.74 Å². The summed E-state index contributed by atoms with van der Waals surface area (Å²) in [5, 5.41) is 14.5. The number of halogens is 2. The van der Waals surface area contributed by atoms with Gasteiger partial charge in [0.05, 0.1) is 30.7 Å². The van der Waals surface area contributed by atoms with E-state index in [9.17, 15) is 13.9 Å². The van der Waals surface area contributed by atoms with Gasteiger partial charge in [0.1, 0.15) is 28.9 Å². The zero-order valence-corrected chi connectivity index (χ0v) is 18.2. The normalized spacial score (nSPS) is 18.8. The first-order valence-electron chi connectivity index (χ1n) is 10.3. The summed E-state index contributed by atoms with van der Waals surface area (Å²) in [6.07, 6.45) is 1.90. The Morgan fingerprint density at radius 1 is 1.06 bits per heavy atom. The molecule has 170 valence electrons. The fourth-order valence-corrected chi connectivity index (χ4v) is 3.80. The highest BCUT2D eigenvalue weighted by Crippen LogP contribution is 2.32. The van der Waals surface area contributed by atoms with Gasteiger partial charge in [-0.05, 0) is 26.0 Å². The molecule has 0 saturated carbocycles.